The summed E-state index contributed by atoms with van der Waals surface area (Å²) in [5.74, 6) is 1.80. The summed E-state index contributed by atoms with van der Waals surface area (Å²) in [7, 11) is 0. The van der Waals surface area contributed by atoms with Crippen LogP contribution < -0.4 is 4.90 Å². The lowest BCUT2D eigenvalue weighted by molar-refractivity contribution is 0.391. The van der Waals surface area contributed by atoms with Crippen molar-refractivity contribution in [3.8, 4) is 11.4 Å². The molecule has 0 N–H and O–H groups in total. The zero-order valence-electron chi connectivity index (χ0n) is 13.8. The van der Waals surface area contributed by atoms with Crippen LogP contribution in [-0.4, -0.2) is 58.0 Å². The number of piperazine rings is 1. The molecule has 0 aliphatic carbocycles. The van der Waals surface area contributed by atoms with Crippen molar-refractivity contribution < 1.29 is 0 Å². The molecular formula is C18H21N5S. The average molecular weight is 339 g/mol. The number of aromatic nitrogens is 2. The lowest BCUT2D eigenvalue weighted by Crippen LogP contribution is -2.48. The van der Waals surface area contributed by atoms with Gasteiger partial charge in [-0.1, -0.05) is 49.0 Å². The van der Waals surface area contributed by atoms with Gasteiger partial charge in [0, 0.05) is 43.2 Å². The zero-order valence-corrected chi connectivity index (χ0v) is 14.6. The topological polar surface area (TPSA) is 44.6 Å². The maximum Gasteiger partial charge on any atom is 0.161 e. The minimum atomic E-state index is 0.619. The molecule has 1 atom stereocenters. The summed E-state index contributed by atoms with van der Waals surface area (Å²) in [6.07, 6.45) is 1.86. The number of anilines is 1. The highest BCUT2D eigenvalue weighted by Gasteiger charge is 2.25. The van der Waals surface area contributed by atoms with Crippen LogP contribution in [0, 0.1) is 0 Å². The number of rotatable bonds is 2. The number of nitrogens with zero attached hydrogens (tertiary/aromatic N) is 5. The predicted octanol–water partition coefficient (Wildman–Crippen LogP) is 2.76. The van der Waals surface area contributed by atoms with E-state index < -0.39 is 0 Å². The van der Waals surface area contributed by atoms with E-state index in [-0.39, 0.29) is 0 Å². The number of hydrogen-bond donors (Lipinski definition) is 0. The molecule has 24 heavy (non-hydrogen) atoms. The van der Waals surface area contributed by atoms with Gasteiger partial charge in [0.15, 0.2) is 11.0 Å². The number of thioether (sulfide) groups is 1. The van der Waals surface area contributed by atoms with E-state index in [1.165, 1.54) is 5.17 Å². The van der Waals surface area contributed by atoms with Gasteiger partial charge in [0.25, 0.3) is 0 Å². The summed E-state index contributed by atoms with van der Waals surface area (Å²) in [5.41, 5.74) is 1.06. The Balaban J connectivity index is 1.44. The van der Waals surface area contributed by atoms with Crippen molar-refractivity contribution in [2.45, 2.75) is 12.2 Å². The van der Waals surface area contributed by atoms with Crippen molar-refractivity contribution in [1.82, 2.24) is 14.9 Å². The van der Waals surface area contributed by atoms with Gasteiger partial charge in [0.1, 0.15) is 5.82 Å². The van der Waals surface area contributed by atoms with Gasteiger partial charge in [-0.15, -0.1) is 0 Å². The number of aliphatic imine (C=N–C) groups is 1. The summed E-state index contributed by atoms with van der Waals surface area (Å²) in [6.45, 7) is 7.14. The second-order valence-electron chi connectivity index (χ2n) is 6.13. The van der Waals surface area contributed by atoms with E-state index in [2.05, 4.69) is 26.7 Å². The fourth-order valence-electron chi connectivity index (χ4n) is 3.01. The number of hydrogen-bond acceptors (Lipinski definition) is 6. The van der Waals surface area contributed by atoms with E-state index in [1.54, 1.807) is 0 Å². The minimum absolute atomic E-state index is 0.619. The smallest absolute Gasteiger partial charge is 0.161 e. The number of amidine groups is 1. The molecule has 2 aliphatic heterocycles. The molecule has 4 rings (SSSR count). The first-order valence-electron chi connectivity index (χ1n) is 8.39. The lowest BCUT2D eigenvalue weighted by Gasteiger charge is -2.36. The molecule has 3 heterocycles. The Bertz CT molecular complexity index is 725. The average Bonchev–Trinajstić information content (AvgIpc) is 3.09. The molecule has 2 aliphatic rings. The zero-order chi connectivity index (χ0) is 16.4. The molecule has 0 bridgehead atoms. The minimum Gasteiger partial charge on any atom is -0.353 e. The Labute approximate surface area is 146 Å². The second kappa shape index (κ2) is 6.81. The Kier molecular flexibility index (Phi) is 4.38. The van der Waals surface area contributed by atoms with Crippen LogP contribution in [-0.2, 0) is 0 Å². The Morgan fingerprint density at radius 1 is 1.00 bits per heavy atom. The first-order valence-corrected chi connectivity index (χ1v) is 9.27. The molecule has 2 aromatic rings. The predicted molar refractivity (Wildman–Crippen MR) is 101 cm³/mol. The van der Waals surface area contributed by atoms with Crippen molar-refractivity contribution >= 4 is 22.7 Å². The maximum absolute atomic E-state index is 4.76. The molecule has 6 heteroatoms. The monoisotopic (exact) mass is 339 g/mol. The molecule has 1 saturated heterocycles. The molecule has 1 aromatic heterocycles. The molecule has 0 radical (unpaired) electrons. The SMILES string of the molecule is CC1CN=C(N2CCN(c3ccnc(-c4ccccc4)n3)CC2)S1. The van der Waals surface area contributed by atoms with Gasteiger partial charge in [0.2, 0.25) is 0 Å². The van der Waals surface area contributed by atoms with Crippen LogP contribution in [0.25, 0.3) is 11.4 Å². The molecule has 0 saturated carbocycles. The summed E-state index contributed by atoms with van der Waals surface area (Å²) in [5, 5.41) is 1.84. The highest BCUT2D eigenvalue weighted by molar-refractivity contribution is 8.14. The van der Waals surface area contributed by atoms with Gasteiger partial charge < -0.3 is 9.80 Å². The standard InChI is InChI=1S/C18H21N5S/c1-14-13-20-18(24-14)23-11-9-22(10-12-23)16-7-8-19-17(21-16)15-5-3-2-4-6-15/h2-8,14H,9-13H2,1H3. The van der Waals surface area contributed by atoms with Crippen molar-refractivity contribution in [1.29, 1.82) is 0 Å². The Hall–Kier alpha value is -2.08. The number of benzene rings is 1. The molecule has 0 spiro atoms. The van der Waals surface area contributed by atoms with Crippen LogP contribution in [0.15, 0.2) is 47.6 Å². The van der Waals surface area contributed by atoms with Crippen LogP contribution in [0.5, 0.6) is 0 Å². The van der Waals surface area contributed by atoms with Gasteiger partial charge in [-0.25, -0.2) is 9.97 Å². The van der Waals surface area contributed by atoms with Crippen molar-refractivity contribution in [3.63, 3.8) is 0 Å². The van der Waals surface area contributed by atoms with E-state index in [9.17, 15) is 0 Å². The molecule has 124 valence electrons. The molecule has 1 unspecified atom stereocenters. The van der Waals surface area contributed by atoms with Gasteiger partial charge in [-0.2, -0.15) is 0 Å². The Morgan fingerprint density at radius 3 is 2.46 bits per heavy atom. The van der Waals surface area contributed by atoms with E-state index in [0.717, 1.165) is 49.9 Å². The fourth-order valence-corrected chi connectivity index (χ4v) is 4.00. The van der Waals surface area contributed by atoms with E-state index in [1.807, 2.05) is 54.4 Å². The van der Waals surface area contributed by atoms with E-state index in [0.29, 0.717) is 5.25 Å². The highest BCUT2D eigenvalue weighted by atomic mass is 32.2. The fraction of sp³-hybridized carbons (Fsp3) is 0.389. The van der Waals surface area contributed by atoms with Gasteiger partial charge >= 0.3 is 0 Å². The van der Waals surface area contributed by atoms with Crippen LogP contribution in [0.4, 0.5) is 5.82 Å². The third-order valence-electron chi connectivity index (χ3n) is 4.34. The van der Waals surface area contributed by atoms with Crippen LogP contribution in [0.2, 0.25) is 0 Å². The summed E-state index contributed by atoms with van der Waals surface area (Å²) >= 11 is 1.90. The van der Waals surface area contributed by atoms with E-state index >= 15 is 0 Å². The third-order valence-corrected chi connectivity index (χ3v) is 5.49. The highest BCUT2D eigenvalue weighted by Crippen LogP contribution is 2.25. The lowest BCUT2D eigenvalue weighted by atomic mass is 10.2. The van der Waals surface area contributed by atoms with Crippen LogP contribution >= 0.6 is 11.8 Å². The summed E-state index contributed by atoms with van der Waals surface area (Å²) in [4.78, 5) is 18.6. The normalized spacial score (nSPS) is 21.0. The van der Waals surface area contributed by atoms with Crippen molar-refractivity contribution in [3.05, 3.63) is 42.6 Å². The van der Waals surface area contributed by atoms with Gasteiger partial charge in [0.05, 0.1) is 6.54 Å². The largest absolute Gasteiger partial charge is 0.353 e. The molecule has 1 aromatic carbocycles. The first kappa shape index (κ1) is 15.4. The molecule has 0 amide bonds. The van der Waals surface area contributed by atoms with E-state index in [4.69, 9.17) is 4.98 Å². The summed E-state index contributed by atoms with van der Waals surface area (Å²) in [6, 6.07) is 12.2. The van der Waals surface area contributed by atoms with Crippen molar-refractivity contribution in [2.75, 3.05) is 37.6 Å². The Morgan fingerprint density at radius 2 is 1.75 bits per heavy atom. The van der Waals surface area contributed by atoms with Crippen molar-refractivity contribution in [2.24, 2.45) is 4.99 Å². The maximum atomic E-state index is 4.76. The van der Waals surface area contributed by atoms with Gasteiger partial charge in [-0.05, 0) is 6.07 Å². The van der Waals surface area contributed by atoms with Crippen LogP contribution in [0.3, 0.4) is 0 Å². The molecular weight excluding hydrogens is 318 g/mol. The summed E-state index contributed by atoms with van der Waals surface area (Å²) < 4.78 is 0. The third kappa shape index (κ3) is 3.24. The van der Waals surface area contributed by atoms with Gasteiger partial charge in [-0.3, -0.25) is 4.99 Å². The first-order chi connectivity index (χ1) is 11.8. The molecule has 1 fully saturated rings. The quantitative estimate of drug-likeness (QED) is 0.842. The molecule has 5 nitrogen and oxygen atoms in total. The van der Waals surface area contributed by atoms with Crippen LogP contribution in [0.1, 0.15) is 6.92 Å². The second-order valence-corrected chi connectivity index (χ2v) is 7.54.